The fourth-order valence-corrected chi connectivity index (χ4v) is 6.02. The molecule has 3 atom stereocenters. The number of amides is 4. The minimum atomic E-state index is -0.997. The lowest BCUT2D eigenvalue weighted by Gasteiger charge is -2.41. The van der Waals surface area contributed by atoms with Crippen LogP contribution in [0.3, 0.4) is 0 Å². The van der Waals surface area contributed by atoms with Crippen LogP contribution < -0.4 is 5.32 Å². The van der Waals surface area contributed by atoms with Gasteiger partial charge in [0.25, 0.3) is 5.91 Å². The van der Waals surface area contributed by atoms with E-state index in [2.05, 4.69) is 5.32 Å². The van der Waals surface area contributed by atoms with Crippen LogP contribution in [-0.2, 0) is 21.5 Å². The van der Waals surface area contributed by atoms with E-state index >= 15 is 0 Å². The topological polar surface area (TPSA) is 69.7 Å². The number of carbonyl (C=O) groups excluding carboxylic acids is 3. The third-order valence-corrected chi connectivity index (χ3v) is 7.59. The molecule has 1 spiro atoms. The van der Waals surface area contributed by atoms with Crippen molar-refractivity contribution in [1.82, 2.24) is 15.1 Å². The highest BCUT2D eigenvalue weighted by Crippen LogP contribution is 2.40. The summed E-state index contributed by atoms with van der Waals surface area (Å²) in [6.07, 6.45) is 8.43. The maximum atomic E-state index is 13.4. The number of imide groups is 1. The first-order valence-electron chi connectivity index (χ1n) is 11.1. The Morgan fingerprint density at radius 1 is 1.07 bits per heavy atom. The number of carbonyl (C=O) groups is 3. The number of nitrogens with one attached hydrogen (secondary N) is 1. The number of aryl methyl sites for hydroxylation is 1. The molecule has 4 amide bonds. The van der Waals surface area contributed by atoms with E-state index in [-0.39, 0.29) is 18.4 Å². The van der Waals surface area contributed by atoms with Crippen LogP contribution >= 0.6 is 0 Å². The lowest BCUT2D eigenvalue weighted by molar-refractivity contribution is -0.141. The Balaban J connectivity index is 1.32. The second-order valence-corrected chi connectivity index (χ2v) is 9.17. The van der Waals surface area contributed by atoms with Crippen LogP contribution in [0.5, 0.6) is 0 Å². The summed E-state index contributed by atoms with van der Waals surface area (Å²) in [5.74, 6) is 0.960. The average Bonchev–Trinajstić information content (AvgIpc) is 2.98. The normalized spacial score (nSPS) is 31.4. The number of piperidine rings is 1. The van der Waals surface area contributed by atoms with Crippen LogP contribution in [0.15, 0.2) is 24.3 Å². The molecule has 154 valence electrons. The second-order valence-electron chi connectivity index (χ2n) is 9.17. The second kappa shape index (κ2) is 7.15. The van der Waals surface area contributed by atoms with Crippen molar-refractivity contribution in [3.63, 3.8) is 0 Å². The first-order valence-corrected chi connectivity index (χ1v) is 11.1. The van der Waals surface area contributed by atoms with Crippen LogP contribution in [0.4, 0.5) is 4.79 Å². The smallest absolute Gasteiger partial charge is 0.325 e. The van der Waals surface area contributed by atoms with Gasteiger partial charge in [0.05, 0.1) is 0 Å². The highest BCUT2D eigenvalue weighted by atomic mass is 16.2. The molecule has 0 radical (unpaired) electrons. The number of fused-ring (bicyclic) bond motifs is 3. The SMILES string of the molecule is O=C(CN1C(=O)NC2(CCCc3ccccc32)C1=O)N1CCC2CCCCC2C1. The summed E-state index contributed by atoms with van der Waals surface area (Å²) in [5.41, 5.74) is 1.00. The van der Waals surface area contributed by atoms with Gasteiger partial charge in [0.2, 0.25) is 5.91 Å². The summed E-state index contributed by atoms with van der Waals surface area (Å²) < 4.78 is 0. The Hall–Kier alpha value is -2.37. The van der Waals surface area contributed by atoms with Crippen LogP contribution in [-0.4, -0.2) is 47.3 Å². The predicted octanol–water partition coefficient (Wildman–Crippen LogP) is 2.81. The standard InChI is InChI=1S/C23H29N3O3/c27-20(25-13-11-16-6-1-2-8-18(16)14-25)15-26-21(28)23(24-22(26)29)12-5-9-17-7-3-4-10-19(17)23/h3-4,7,10,16,18H,1-2,5-6,8-9,11-15H2,(H,24,29). The van der Waals surface area contributed by atoms with Crippen molar-refractivity contribution in [3.05, 3.63) is 35.4 Å². The molecule has 1 aromatic carbocycles. The molecule has 2 heterocycles. The molecule has 1 saturated carbocycles. The molecule has 29 heavy (non-hydrogen) atoms. The monoisotopic (exact) mass is 395 g/mol. The molecule has 4 aliphatic rings. The van der Waals surface area contributed by atoms with Gasteiger partial charge in [-0.05, 0) is 55.1 Å². The molecule has 0 aromatic heterocycles. The van der Waals surface area contributed by atoms with Gasteiger partial charge in [-0.15, -0.1) is 0 Å². The van der Waals surface area contributed by atoms with Crippen molar-refractivity contribution in [1.29, 1.82) is 0 Å². The Morgan fingerprint density at radius 3 is 2.72 bits per heavy atom. The molecular formula is C23H29N3O3. The molecule has 5 rings (SSSR count). The first-order chi connectivity index (χ1) is 14.1. The van der Waals surface area contributed by atoms with E-state index in [0.717, 1.165) is 54.3 Å². The zero-order valence-corrected chi connectivity index (χ0v) is 16.9. The van der Waals surface area contributed by atoms with Crippen LogP contribution in [0, 0.1) is 11.8 Å². The maximum Gasteiger partial charge on any atom is 0.325 e. The van der Waals surface area contributed by atoms with Crippen molar-refractivity contribution in [3.8, 4) is 0 Å². The molecule has 1 aromatic rings. The van der Waals surface area contributed by atoms with Gasteiger partial charge in [-0.25, -0.2) is 4.79 Å². The van der Waals surface area contributed by atoms with Gasteiger partial charge in [-0.2, -0.15) is 0 Å². The van der Waals surface area contributed by atoms with Gasteiger partial charge in [0.1, 0.15) is 12.1 Å². The molecule has 0 bridgehead atoms. The number of urea groups is 1. The highest BCUT2D eigenvalue weighted by molar-refractivity contribution is 6.09. The summed E-state index contributed by atoms with van der Waals surface area (Å²) in [4.78, 5) is 42.1. The van der Waals surface area contributed by atoms with E-state index in [1.54, 1.807) is 0 Å². The van der Waals surface area contributed by atoms with E-state index in [9.17, 15) is 14.4 Å². The van der Waals surface area contributed by atoms with E-state index in [0.29, 0.717) is 12.3 Å². The quantitative estimate of drug-likeness (QED) is 0.783. The fourth-order valence-electron chi connectivity index (χ4n) is 6.02. The zero-order chi connectivity index (χ0) is 20.0. The molecular weight excluding hydrogens is 366 g/mol. The van der Waals surface area contributed by atoms with Crippen LogP contribution in [0.1, 0.15) is 56.1 Å². The third kappa shape index (κ3) is 3.04. The Bertz CT molecular complexity index is 854. The molecule has 2 saturated heterocycles. The summed E-state index contributed by atoms with van der Waals surface area (Å²) in [5, 5.41) is 2.95. The highest BCUT2D eigenvalue weighted by Gasteiger charge is 2.54. The Labute approximate surface area is 171 Å². The molecule has 6 heteroatoms. The molecule has 3 fully saturated rings. The predicted molar refractivity (Wildman–Crippen MR) is 108 cm³/mol. The van der Waals surface area contributed by atoms with E-state index < -0.39 is 11.6 Å². The van der Waals surface area contributed by atoms with Gasteiger partial charge in [-0.1, -0.05) is 43.5 Å². The largest absolute Gasteiger partial charge is 0.341 e. The van der Waals surface area contributed by atoms with Gasteiger partial charge < -0.3 is 10.2 Å². The fraction of sp³-hybridized carbons (Fsp3) is 0.609. The maximum absolute atomic E-state index is 13.4. The third-order valence-electron chi connectivity index (χ3n) is 7.59. The van der Waals surface area contributed by atoms with E-state index in [4.69, 9.17) is 0 Å². The van der Waals surface area contributed by atoms with Crippen molar-refractivity contribution in [2.45, 2.75) is 56.9 Å². The van der Waals surface area contributed by atoms with Crippen molar-refractivity contribution >= 4 is 17.8 Å². The van der Waals surface area contributed by atoms with E-state index in [1.807, 2.05) is 29.2 Å². The number of benzene rings is 1. The Kier molecular flexibility index (Phi) is 4.60. The molecule has 1 N–H and O–H groups in total. The minimum absolute atomic E-state index is 0.0985. The summed E-state index contributed by atoms with van der Waals surface area (Å²) in [6, 6.07) is 7.40. The number of likely N-dealkylation sites (tertiary alicyclic amines) is 1. The number of rotatable bonds is 2. The number of hydrogen-bond donors (Lipinski definition) is 1. The van der Waals surface area contributed by atoms with Crippen LogP contribution in [0.2, 0.25) is 0 Å². The lowest BCUT2D eigenvalue weighted by atomic mass is 9.75. The average molecular weight is 396 g/mol. The number of nitrogens with zero attached hydrogens (tertiary/aromatic N) is 2. The molecule has 2 aliphatic heterocycles. The summed E-state index contributed by atoms with van der Waals surface area (Å²) >= 11 is 0. The first kappa shape index (κ1) is 18.6. The van der Waals surface area contributed by atoms with Crippen molar-refractivity contribution in [2.24, 2.45) is 11.8 Å². The molecule has 6 nitrogen and oxygen atoms in total. The van der Waals surface area contributed by atoms with Gasteiger partial charge in [0, 0.05) is 13.1 Å². The zero-order valence-electron chi connectivity index (χ0n) is 16.9. The number of hydrogen-bond acceptors (Lipinski definition) is 3. The van der Waals surface area contributed by atoms with Gasteiger partial charge in [-0.3, -0.25) is 14.5 Å². The Morgan fingerprint density at radius 2 is 1.86 bits per heavy atom. The van der Waals surface area contributed by atoms with E-state index in [1.165, 1.54) is 25.7 Å². The lowest BCUT2D eigenvalue weighted by Crippen LogP contribution is -2.50. The summed E-state index contributed by atoms with van der Waals surface area (Å²) in [7, 11) is 0. The molecule has 3 unspecified atom stereocenters. The van der Waals surface area contributed by atoms with Gasteiger partial charge in [0.15, 0.2) is 0 Å². The molecule has 2 aliphatic carbocycles. The van der Waals surface area contributed by atoms with Crippen LogP contribution in [0.25, 0.3) is 0 Å². The van der Waals surface area contributed by atoms with Crippen molar-refractivity contribution < 1.29 is 14.4 Å². The summed E-state index contributed by atoms with van der Waals surface area (Å²) in [6.45, 7) is 1.38. The van der Waals surface area contributed by atoms with Crippen molar-refractivity contribution in [2.75, 3.05) is 19.6 Å². The minimum Gasteiger partial charge on any atom is -0.341 e. The van der Waals surface area contributed by atoms with Gasteiger partial charge >= 0.3 is 6.03 Å².